The number of ether oxygens (including phenoxy) is 1. The molecule has 2 N–H and O–H groups in total. The van der Waals surface area contributed by atoms with Crippen LogP contribution in [0.3, 0.4) is 0 Å². The number of carbonyl (C=O) groups excluding carboxylic acids is 1. The lowest BCUT2D eigenvalue weighted by atomic mass is 10.1. The number of aromatic nitrogens is 2. The summed E-state index contributed by atoms with van der Waals surface area (Å²) in [6.07, 6.45) is 3.21. The molecule has 2 heterocycles. The topological polar surface area (TPSA) is 68.2 Å². The minimum absolute atomic E-state index is 0.0857. The lowest BCUT2D eigenvalue weighted by Crippen LogP contribution is -2.47. The van der Waals surface area contributed by atoms with Crippen LogP contribution in [-0.4, -0.2) is 41.5 Å². The third-order valence-electron chi connectivity index (χ3n) is 3.42. The van der Waals surface area contributed by atoms with E-state index in [0.29, 0.717) is 19.7 Å². The zero-order valence-electron chi connectivity index (χ0n) is 11.7. The van der Waals surface area contributed by atoms with Gasteiger partial charge < -0.3 is 15.4 Å². The van der Waals surface area contributed by atoms with Crippen LogP contribution in [0.5, 0.6) is 0 Å². The van der Waals surface area contributed by atoms with Crippen LogP contribution < -0.4 is 10.6 Å². The quantitative estimate of drug-likeness (QED) is 0.857. The molecule has 1 amide bonds. The molecule has 1 saturated heterocycles. The lowest BCUT2D eigenvalue weighted by Gasteiger charge is -2.23. The summed E-state index contributed by atoms with van der Waals surface area (Å²) in [7, 11) is 0. The van der Waals surface area contributed by atoms with Gasteiger partial charge >= 0.3 is 0 Å². The Morgan fingerprint density at radius 3 is 3.10 bits per heavy atom. The van der Waals surface area contributed by atoms with Crippen molar-refractivity contribution in [1.82, 2.24) is 20.4 Å². The minimum Gasteiger partial charge on any atom is -0.366 e. The molecule has 1 aliphatic heterocycles. The van der Waals surface area contributed by atoms with E-state index in [9.17, 15) is 4.79 Å². The smallest absolute Gasteiger partial charge is 0.250 e. The number of amides is 1. The molecule has 6 nitrogen and oxygen atoms in total. The number of morpholine rings is 1. The fourth-order valence-electron chi connectivity index (χ4n) is 2.33. The van der Waals surface area contributed by atoms with Crippen molar-refractivity contribution in [2.45, 2.75) is 12.6 Å². The third kappa shape index (κ3) is 3.29. The van der Waals surface area contributed by atoms with Crippen molar-refractivity contribution in [3.8, 4) is 5.69 Å². The van der Waals surface area contributed by atoms with Gasteiger partial charge in [0.2, 0.25) is 0 Å². The maximum atomic E-state index is 12.1. The van der Waals surface area contributed by atoms with Crippen molar-refractivity contribution in [2.75, 3.05) is 19.7 Å². The molecule has 3 rings (SSSR count). The highest BCUT2D eigenvalue weighted by atomic mass is 16.5. The Bertz CT molecular complexity index is 591. The molecule has 1 fully saturated rings. The Kier molecular flexibility index (Phi) is 4.28. The first kappa shape index (κ1) is 13.8. The summed E-state index contributed by atoms with van der Waals surface area (Å²) in [5.74, 6) is -0.0857. The van der Waals surface area contributed by atoms with Crippen LogP contribution in [0.2, 0.25) is 0 Å². The molecular weight excluding hydrogens is 268 g/mol. The van der Waals surface area contributed by atoms with E-state index in [4.69, 9.17) is 4.74 Å². The van der Waals surface area contributed by atoms with Gasteiger partial charge in [0.15, 0.2) is 0 Å². The Labute approximate surface area is 123 Å². The van der Waals surface area contributed by atoms with Gasteiger partial charge in [0.25, 0.3) is 5.91 Å². The van der Waals surface area contributed by atoms with Gasteiger partial charge in [-0.2, -0.15) is 5.10 Å². The van der Waals surface area contributed by atoms with E-state index in [1.165, 1.54) is 0 Å². The van der Waals surface area contributed by atoms with E-state index in [-0.39, 0.29) is 5.91 Å². The van der Waals surface area contributed by atoms with Crippen molar-refractivity contribution in [2.24, 2.45) is 0 Å². The van der Waals surface area contributed by atoms with Gasteiger partial charge in [-0.15, -0.1) is 0 Å². The molecule has 0 saturated carbocycles. The van der Waals surface area contributed by atoms with Crippen LogP contribution >= 0.6 is 0 Å². The van der Waals surface area contributed by atoms with E-state index < -0.39 is 6.10 Å². The second kappa shape index (κ2) is 6.51. The number of benzene rings is 1. The highest BCUT2D eigenvalue weighted by Gasteiger charge is 2.21. The van der Waals surface area contributed by atoms with Gasteiger partial charge in [-0.05, 0) is 17.7 Å². The SMILES string of the molecule is O=C(NCc1ccccc1-n1cccn1)C1CNCCO1. The second-order valence-electron chi connectivity index (χ2n) is 4.86. The van der Waals surface area contributed by atoms with Gasteiger partial charge in [0, 0.05) is 32.0 Å². The van der Waals surface area contributed by atoms with E-state index in [0.717, 1.165) is 17.8 Å². The Hall–Kier alpha value is -2.18. The van der Waals surface area contributed by atoms with Gasteiger partial charge in [0.05, 0.1) is 12.3 Å². The summed E-state index contributed by atoms with van der Waals surface area (Å²) in [5.41, 5.74) is 1.98. The summed E-state index contributed by atoms with van der Waals surface area (Å²) in [4.78, 5) is 12.1. The number of nitrogens with zero attached hydrogens (tertiary/aromatic N) is 2. The molecule has 0 spiro atoms. The number of para-hydroxylation sites is 1. The first-order chi connectivity index (χ1) is 10.3. The van der Waals surface area contributed by atoms with Crippen LogP contribution in [0.15, 0.2) is 42.7 Å². The normalized spacial score (nSPS) is 18.4. The molecule has 2 aromatic rings. The maximum Gasteiger partial charge on any atom is 0.250 e. The molecule has 1 aliphatic rings. The van der Waals surface area contributed by atoms with Crippen LogP contribution in [0.1, 0.15) is 5.56 Å². The predicted octanol–water partition coefficient (Wildman–Crippen LogP) is 0.477. The fourth-order valence-corrected chi connectivity index (χ4v) is 2.33. The number of hydrogen-bond acceptors (Lipinski definition) is 4. The fraction of sp³-hybridized carbons (Fsp3) is 0.333. The van der Waals surface area contributed by atoms with Gasteiger partial charge in [0.1, 0.15) is 6.10 Å². The molecule has 1 unspecified atom stereocenters. The maximum absolute atomic E-state index is 12.1. The number of rotatable bonds is 4. The molecule has 0 bridgehead atoms. The summed E-state index contributed by atoms with van der Waals surface area (Å²) in [6, 6.07) is 9.74. The average molecular weight is 286 g/mol. The largest absolute Gasteiger partial charge is 0.366 e. The molecule has 110 valence electrons. The van der Waals surface area contributed by atoms with E-state index in [2.05, 4.69) is 15.7 Å². The highest BCUT2D eigenvalue weighted by Crippen LogP contribution is 2.13. The highest BCUT2D eigenvalue weighted by molar-refractivity contribution is 5.81. The predicted molar refractivity (Wildman–Crippen MR) is 78.0 cm³/mol. The van der Waals surface area contributed by atoms with Crippen molar-refractivity contribution in [1.29, 1.82) is 0 Å². The van der Waals surface area contributed by atoms with Crippen LogP contribution in [0.4, 0.5) is 0 Å². The monoisotopic (exact) mass is 286 g/mol. The molecule has 21 heavy (non-hydrogen) atoms. The molecule has 1 aromatic carbocycles. The number of carbonyl (C=O) groups is 1. The number of nitrogens with one attached hydrogen (secondary N) is 2. The van der Waals surface area contributed by atoms with Crippen LogP contribution in [-0.2, 0) is 16.1 Å². The standard InChI is InChI=1S/C15H18N4O2/c20-15(14-11-16-7-9-21-14)17-10-12-4-1-2-5-13(12)19-8-3-6-18-19/h1-6,8,14,16H,7,9-11H2,(H,17,20). The van der Waals surface area contributed by atoms with Gasteiger partial charge in [-0.1, -0.05) is 18.2 Å². The third-order valence-corrected chi connectivity index (χ3v) is 3.42. The molecule has 0 radical (unpaired) electrons. The van der Waals surface area contributed by atoms with Gasteiger partial charge in [-0.25, -0.2) is 4.68 Å². The Balaban J connectivity index is 1.66. The lowest BCUT2D eigenvalue weighted by molar-refractivity contribution is -0.134. The summed E-state index contributed by atoms with van der Waals surface area (Å²) in [5, 5.41) is 10.3. The van der Waals surface area contributed by atoms with E-state index >= 15 is 0 Å². The van der Waals surface area contributed by atoms with Crippen LogP contribution in [0.25, 0.3) is 5.69 Å². The van der Waals surface area contributed by atoms with E-state index in [1.807, 2.05) is 36.5 Å². The first-order valence-corrected chi connectivity index (χ1v) is 7.02. The van der Waals surface area contributed by atoms with Crippen molar-refractivity contribution in [3.63, 3.8) is 0 Å². The summed E-state index contributed by atoms with van der Waals surface area (Å²) in [6.45, 7) is 2.38. The zero-order valence-corrected chi connectivity index (χ0v) is 11.7. The summed E-state index contributed by atoms with van der Waals surface area (Å²) >= 11 is 0. The Morgan fingerprint density at radius 1 is 1.43 bits per heavy atom. The van der Waals surface area contributed by atoms with Gasteiger partial charge in [-0.3, -0.25) is 4.79 Å². The minimum atomic E-state index is -0.407. The Morgan fingerprint density at radius 2 is 2.33 bits per heavy atom. The average Bonchev–Trinajstić information content (AvgIpc) is 3.08. The number of hydrogen-bond donors (Lipinski definition) is 2. The van der Waals surface area contributed by atoms with Crippen molar-refractivity contribution < 1.29 is 9.53 Å². The zero-order chi connectivity index (χ0) is 14.5. The molecule has 1 atom stereocenters. The molecular formula is C15H18N4O2. The van der Waals surface area contributed by atoms with Crippen molar-refractivity contribution >= 4 is 5.91 Å². The first-order valence-electron chi connectivity index (χ1n) is 7.02. The summed E-state index contributed by atoms with van der Waals surface area (Å²) < 4.78 is 7.23. The van der Waals surface area contributed by atoms with E-state index in [1.54, 1.807) is 10.9 Å². The van der Waals surface area contributed by atoms with Crippen LogP contribution in [0, 0.1) is 0 Å². The molecule has 0 aliphatic carbocycles. The molecule has 6 heteroatoms. The molecule has 1 aromatic heterocycles. The van der Waals surface area contributed by atoms with Crippen molar-refractivity contribution in [3.05, 3.63) is 48.3 Å². The second-order valence-corrected chi connectivity index (χ2v) is 4.86.